The van der Waals surface area contributed by atoms with Gasteiger partial charge in [0.1, 0.15) is 0 Å². The Morgan fingerprint density at radius 1 is 0.590 bits per heavy atom. The summed E-state index contributed by atoms with van der Waals surface area (Å²) in [7, 11) is 0. The SMILES string of the molecule is CB(O)C[C@H](Cc1ccc(-c2ccccc2)cc1)CC(C(=O)O)C1CCN(C(C)=O)CC1.CC(=O)N1CCC(C(C[C@H](N)Cc2ccc(-c3ccccc3)cc2)C(=O)O)CC1. The smallest absolute Gasteiger partial charge is 0.306 e. The van der Waals surface area contributed by atoms with Crippen LogP contribution in [0.4, 0.5) is 0 Å². The molecule has 2 fully saturated rings. The van der Waals surface area contributed by atoms with E-state index in [2.05, 4.69) is 72.8 Å². The molecule has 0 aromatic heterocycles. The number of hydrogen-bond donors (Lipinski definition) is 4. The highest BCUT2D eigenvalue weighted by Gasteiger charge is 2.35. The third-order valence-electron chi connectivity index (χ3n) is 12.7. The number of amides is 2. The lowest BCUT2D eigenvalue weighted by molar-refractivity contribution is -0.146. The van der Waals surface area contributed by atoms with Crippen molar-refractivity contribution in [3.05, 3.63) is 120 Å². The molecule has 0 aliphatic carbocycles. The van der Waals surface area contributed by atoms with Crippen molar-refractivity contribution in [1.29, 1.82) is 0 Å². The second-order valence-electron chi connectivity index (χ2n) is 17.3. The van der Waals surface area contributed by atoms with Gasteiger partial charge in [-0.1, -0.05) is 116 Å². The van der Waals surface area contributed by atoms with Crippen LogP contribution in [-0.2, 0) is 32.0 Å². The van der Waals surface area contributed by atoms with Gasteiger partial charge in [-0.3, -0.25) is 19.2 Å². The number of carbonyl (C=O) groups excluding carboxylic acids is 2. The highest BCUT2D eigenvalue weighted by molar-refractivity contribution is 6.48. The van der Waals surface area contributed by atoms with Crippen LogP contribution in [0.25, 0.3) is 22.3 Å². The molecule has 0 radical (unpaired) electrons. The van der Waals surface area contributed by atoms with Gasteiger partial charge < -0.3 is 30.8 Å². The van der Waals surface area contributed by atoms with Crippen molar-refractivity contribution in [2.45, 2.75) is 84.4 Å². The number of piperidine rings is 2. The van der Waals surface area contributed by atoms with Gasteiger partial charge in [-0.25, -0.2) is 0 Å². The molecule has 2 aliphatic heterocycles. The number of likely N-dealkylation sites (tertiary alicyclic amines) is 2. The van der Waals surface area contributed by atoms with Crippen LogP contribution in [0.5, 0.6) is 0 Å². The zero-order chi connectivity index (χ0) is 43.9. The van der Waals surface area contributed by atoms with Crippen molar-refractivity contribution in [3.63, 3.8) is 0 Å². The summed E-state index contributed by atoms with van der Waals surface area (Å²) in [6, 6.07) is 37.0. The third kappa shape index (κ3) is 14.4. The molecule has 5 N–H and O–H groups in total. The van der Waals surface area contributed by atoms with Gasteiger partial charge in [-0.05, 0) is 109 Å². The van der Waals surface area contributed by atoms with E-state index in [1.807, 2.05) is 36.4 Å². The first-order valence-corrected chi connectivity index (χ1v) is 22.0. The summed E-state index contributed by atoms with van der Waals surface area (Å²) >= 11 is 0. The molecule has 2 heterocycles. The van der Waals surface area contributed by atoms with Gasteiger partial charge in [0.25, 0.3) is 6.92 Å². The average molecular weight is 830 g/mol. The minimum atomic E-state index is -0.777. The highest BCUT2D eigenvalue weighted by Crippen LogP contribution is 2.34. The van der Waals surface area contributed by atoms with E-state index in [1.54, 1.807) is 30.5 Å². The minimum Gasteiger partial charge on any atom is -0.481 e. The summed E-state index contributed by atoms with van der Waals surface area (Å²) in [5, 5.41) is 29.8. The van der Waals surface area contributed by atoms with Gasteiger partial charge in [-0.15, -0.1) is 0 Å². The van der Waals surface area contributed by atoms with Crippen LogP contribution >= 0.6 is 0 Å². The van der Waals surface area contributed by atoms with Crippen LogP contribution in [0.3, 0.4) is 0 Å². The van der Waals surface area contributed by atoms with Gasteiger partial charge in [0.15, 0.2) is 0 Å². The Kier molecular flexibility index (Phi) is 17.7. The zero-order valence-corrected chi connectivity index (χ0v) is 36.1. The molecule has 2 saturated heterocycles. The Morgan fingerprint density at radius 2 is 0.951 bits per heavy atom. The summed E-state index contributed by atoms with van der Waals surface area (Å²) in [6.07, 6.45) is 5.90. The van der Waals surface area contributed by atoms with E-state index in [4.69, 9.17) is 5.73 Å². The topological polar surface area (TPSA) is 161 Å². The number of hydrogen-bond acceptors (Lipinski definition) is 6. The molecule has 4 aromatic rings. The van der Waals surface area contributed by atoms with Crippen LogP contribution in [0, 0.1) is 29.6 Å². The molecule has 0 spiro atoms. The second kappa shape index (κ2) is 23.1. The van der Waals surface area contributed by atoms with Crippen LogP contribution < -0.4 is 5.73 Å². The van der Waals surface area contributed by atoms with Crippen LogP contribution in [0.15, 0.2) is 109 Å². The number of nitrogens with zero attached hydrogens (tertiary/aromatic N) is 2. The first-order valence-electron chi connectivity index (χ1n) is 22.0. The van der Waals surface area contributed by atoms with Crippen LogP contribution in [0.1, 0.15) is 63.5 Å². The van der Waals surface area contributed by atoms with E-state index < -0.39 is 30.7 Å². The quantitative estimate of drug-likeness (QED) is 0.0826. The van der Waals surface area contributed by atoms with Crippen molar-refractivity contribution in [2.24, 2.45) is 35.3 Å². The number of nitrogens with two attached hydrogens (primary N) is 1. The van der Waals surface area contributed by atoms with Gasteiger partial charge >= 0.3 is 11.9 Å². The van der Waals surface area contributed by atoms with Gasteiger partial charge in [0, 0.05) is 46.1 Å². The summed E-state index contributed by atoms with van der Waals surface area (Å²) in [4.78, 5) is 50.7. The zero-order valence-electron chi connectivity index (χ0n) is 36.1. The van der Waals surface area contributed by atoms with Crippen molar-refractivity contribution in [1.82, 2.24) is 9.80 Å². The Labute approximate surface area is 362 Å². The Balaban J connectivity index is 0.000000232. The standard InChI is InChI=1S/C26H34BNO4.C24H30N2O3/c1-19(29)28-14-12-24(13-15-28)25(26(30)31)17-21(18-27(2)32)16-20-8-10-23(11-9-20)22-6-4-3-5-7-22;1-17(27)26-13-11-21(12-14-26)23(24(28)29)16-22(25)15-18-7-9-20(10-8-18)19-5-3-2-4-6-19/h3-11,21,24-25,32H,12-18H2,1-2H3,(H,30,31);2-10,21-23H,11-16,25H2,1H3,(H,28,29)/t21-,25?;22-,23?/m11/s1. The van der Waals surface area contributed by atoms with Crippen molar-refractivity contribution < 1.29 is 34.4 Å². The van der Waals surface area contributed by atoms with Gasteiger partial charge in [-0.2, -0.15) is 0 Å². The normalized spacial score (nSPS) is 16.7. The maximum absolute atomic E-state index is 12.1. The van der Waals surface area contributed by atoms with Crippen molar-refractivity contribution in [3.8, 4) is 22.3 Å². The molecule has 4 aromatic carbocycles. The first-order chi connectivity index (χ1) is 29.3. The summed E-state index contributed by atoms with van der Waals surface area (Å²) in [5.74, 6) is -2.09. The fourth-order valence-corrected chi connectivity index (χ4v) is 9.30. The lowest BCUT2D eigenvalue weighted by Crippen LogP contribution is -2.42. The molecule has 11 heteroatoms. The second-order valence-corrected chi connectivity index (χ2v) is 17.3. The minimum absolute atomic E-state index is 0.0567. The van der Waals surface area contributed by atoms with E-state index >= 15 is 0 Å². The van der Waals surface area contributed by atoms with E-state index in [-0.39, 0.29) is 35.6 Å². The van der Waals surface area contributed by atoms with E-state index in [1.165, 1.54) is 11.1 Å². The fraction of sp³-hybridized carbons (Fsp3) is 0.440. The number of carboxylic acid groups (broad SMARTS) is 2. The molecule has 6 rings (SSSR count). The van der Waals surface area contributed by atoms with Gasteiger partial charge in [0.05, 0.1) is 11.8 Å². The Morgan fingerprint density at radius 3 is 1.31 bits per heavy atom. The Bertz CT molecular complexity index is 1980. The molecule has 0 bridgehead atoms. The van der Waals surface area contributed by atoms with Crippen molar-refractivity contribution in [2.75, 3.05) is 26.2 Å². The third-order valence-corrected chi connectivity index (χ3v) is 12.7. The maximum atomic E-state index is 12.1. The number of aliphatic carboxylic acids is 2. The summed E-state index contributed by atoms with van der Waals surface area (Å²) < 4.78 is 0. The molecule has 0 saturated carbocycles. The molecule has 10 nitrogen and oxygen atoms in total. The maximum Gasteiger partial charge on any atom is 0.306 e. The largest absolute Gasteiger partial charge is 0.481 e. The average Bonchev–Trinajstić information content (AvgIpc) is 3.25. The number of carbonyl (C=O) groups is 4. The van der Waals surface area contributed by atoms with Crippen LogP contribution in [0.2, 0.25) is 13.1 Å². The van der Waals surface area contributed by atoms with Crippen LogP contribution in [-0.4, -0.2) is 87.9 Å². The molecular weight excluding hydrogens is 765 g/mol. The molecule has 2 amide bonds. The number of carboxylic acids is 2. The lowest BCUT2D eigenvalue weighted by atomic mass is 9.61. The molecular formula is C50H64BN3O7. The molecule has 324 valence electrons. The highest BCUT2D eigenvalue weighted by atomic mass is 16.4. The van der Waals surface area contributed by atoms with Gasteiger partial charge in [0.2, 0.25) is 11.8 Å². The molecule has 61 heavy (non-hydrogen) atoms. The summed E-state index contributed by atoms with van der Waals surface area (Å²) in [5.41, 5.74) is 13.3. The van der Waals surface area contributed by atoms with E-state index in [9.17, 15) is 34.4 Å². The fourth-order valence-electron chi connectivity index (χ4n) is 9.30. The van der Waals surface area contributed by atoms with E-state index in [0.29, 0.717) is 51.8 Å². The summed E-state index contributed by atoms with van der Waals surface area (Å²) in [6.45, 7) is 6.96. The lowest BCUT2D eigenvalue weighted by Gasteiger charge is -2.35. The molecule has 2 unspecified atom stereocenters. The molecule has 4 atom stereocenters. The number of benzene rings is 4. The first kappa shape index (κ1) is 46.8. The number of rotatable bonds is 16. The van der Waals surface area contributed by atoms with Crippen molar-refractivity contribution >= 4 is 30.7 Å². The Hall–Kier alpha value is -5.26. The predicted octanol–water partition coefficient (Wildman–Crippen LogP) is 8.05. The van der Waals surface area contributed by atoms with E-state index in [0.717, 1.165) is 54.4 Å². The monoisotopic (exact) mass is 829 g/mol. The molecule has 2 aliphatic rings. The predicted molar refractivity (Wildman–Crippen MR) is 243 cm³/mol.